The highest BCUT2D eigenvalue weighted by atomic mass is 35.5. The number of benzene rings is 2. The van der Waals surface area contributed by atoms with E-state index < -0.39 is 0 Å². The van der Waals surface area contributed by atoms with Crippen molar-refractivity contribution in [1.82, 2.24) is 0 Å². The van der Waals surface area contributed by atoms with Crippen LogP contribution in [0.5, 0.6) is 5.75 Å². The molecule has 1 aliphatic rings. The van der Waals surface area contributed by atoms with Gasteiger partial charge in [0.25, 0.3) is 0 Å². The number of thioether (sulfide) groups is 1. The lowest BCUT2D eigenvalue weighted by atomic mass is 10.2. The summed E-state index contributed by atoms with van der Waals surface area (Å²) in [6, 6.07) is 14.4. The fourth-order valence-electron chi connectivity index (χ4n) is 2.31. The molecule has 2 aromatic carbocycles. The van der Waals surface area contributed by atoms with E-state index in [2.05, 4.69) is 10.2 Å². The van der Waals surface area contributed by atoms with Gasteiger partial charge in [-0.2, -0.15) is 5.10 Å². The number of anilines is 1. The summed E-state index contributed by atoms with van der Waals surface area (Å²) in [5.74, 6) is 0.993. The number of rotatable bonds is 5. The predicted molar refractivity (Wildman–Crippen MR) is 114 cm³/mol. The number of amides is 1. The van der Waals surface area contributed by atoms with Gasteiger partial charge in [-0.15, -0.1) is 5.10 Å². The number of hydrogen-bond donors (Lipinski definition) is 0. The molecule has 1 fully saturated rings. The highest BCUT2D eigenvalue weighted by molar-refractivity contribution is 8.15. The zero-order valence-corrected chi connectivity index (χ0v) is 16.6. The normalized spacial score (nSPS) is 16.6. The van der Waals surface area contributed by atoms with E-state index in [4.69, 9.17) is 27.9 Å². The first-order valence-corrected chi connectivity index (χ1v) is 9.65. The van der Waals surface area contributed by atoms with Gasteiger partial charge in [0.1, 0.15) is 5.75 Å². The lowest BCUT2D eigenvalue weighted by molar-refractivity contribution is -0.115. The Morgan fingerprint density at radius 2 is 1.89 bits per heavy atom. The van der Waals surface area contributed by atoms with Crippen LogP contribution >= 0.6 is 35.0 Å². The van der Waals surface area contributed by atoms with Crippen molar-refractivity contribution in [2.75, 3.05) is 17.8 Å². The number of methoxy groups -OCH3 is 1. The zero-order chi connectivity index (χ0) is 19.2. The molecule has 0 atom stereocenters. The largest absolute Gasteiger partial charge is 0.497 e. The van der Waals surface area contributed by atoms with Gasteiger partial charge in [0.2, 0.25) is 5.91 Å². The summed E-state index contributed by atoms with van der Waals surface area (Å²) in [6.45, 7) is 0. The Kier molecular flexibility index (Phi) is 6.55. The van der Waals surface area contributed by atoms with Crippen LogP contribution < -0.4 is 9.64 Å². The third kappa shape index (κ3) is 4.91. The topological polar surface area (TPSA) is 54.3 Å². The number of halogens is 2. The third-order valence-electron chi connectivity index (χ3n) is 3.65. The fraction of sp³-hybridized carbons (Fsp3) is 0.105. The van der Waals surface area contributed by atoms with Gasteiger partial charge in [0.05, 0.1) is 24.8 Å². The molecule has 3 rings (SSSR count). The molecular weight excluding hydrogens is 405 g/mol. The molecule has 0 bridgehead atoms. The second-order valence-corrected chi connectivity index (χ2v) is 7.17. The first-order chi connectivity index (χ1) is 13.1. The Morgan fingerprint density at radius 1 is 1.19 bits per heavy atom. The van der Waals surface area contributed by atoms with Crippen molar-refractivity contribution >= 4 is 63.0 Å². The van der Waals surface area contributed by atoms with Gasteiger partial charge in [0, 0.05) is 10.1 Å². The summed E-state index contributed by atoms with van der Waals surface area (Å²) in [5.41, 5.74) is 1.54. The molecule has 0 N–H and O–H groups in total. The van der Waals surface area contributed by atoms with Crippen LogP contribution in [0.25, 0.3) is 5.03 Å². The van der Waals surface area contributed by atoms with Gasteiger partial charge in [-0.1, -0.05) is 47.1 Å². The average molecular weight is 420 g/mol. The van der Waals surface area contributed by atoms with Crippen molar-refractivity contribution in [3.8, 4) is 5.75 Å². The third-order valence-corrected chi connectivity index (χ3v) is 5.16. The monoisotopic (exact) mass is 419 g/mol. The van der Waals surface area contributed by atoms with E-state index >= 15 is 0 Å². The first kappa shape index (κ1) is 19.5. The number of carbonyl (C=O) groups excluding carboxylic acids is 1. The number of allylic oxidation sites excluding steroid dienone is 1. The lowest BCUT2D eigenvalue weighted by Crippen LogP contribution is -2.28. The van der Waals surface area contributed by atoms with Gasteiger partial charge in [-0.3, -0.25) is 9.69 Å². The quantitative estimate of drug-likeness (QED) is 0.503. The predicted octanol–water partition coefficient (Wildman–Crippen LogP) is 5.05. The summed E-state index contributed by atoms with van der Waals surface area (Å²) >= 11 is 13.4. The van der Waals surface area contributed by atoms with Gasteiger partial charge in [-0.05, 0) is 48.0 Å². The number of amidine groups is 1. The Balaban J connectivity index is 1.74. The molecule has 5 nitrogen and oxygen atoms in total. The molecule has 1 heterocycles. The van der Waals surface area contributed by atoms with E-state index in [1.807, 2.05) is 12.1 Å². The Bertz CT molecular complexity index is 910. The van der Waals surface area contributed by atoms with Crippen molar-refractivity contribution in [3.63, 3.8) is 0 Å². The molecule has 1 aliphatic heterocycles. The van der Waals surface area contributed by atoms with Crippen LogP contribution in [-0.4, -0.2) is 30.2 Å². The molecule has 1 saturated heterocycles. The molecule has 2 aromatic rings. The van der Waals surface area contributed by atoms with Gasteiger partial charge in [0.15, 0.2) is 5.17 Å². The summed E-state index contributed by atoms with van der Waals surface area (Å²) in [7, 11) is 1.59. The highest BCUT2D eigenvalue weighted by Crippen LogP contribution is 2.28. The average Bonchev–Trinajstić information content (AvgIpc) is 3.06. The summed E-state index contributed by atoms with van der Waals surface area (Å²) in [5, 5.41) is 9.84. The molecule has 0 saturated carbocycles. The van der Waals surface area contributed by atoms with E-state index in [0.29, 0.717) is 21.0 Å². The minimum absolute atomic E-state index is 0.0474. The van der Waals surface area contributed by atoms with Gasteiger partial charge >= 0.3 is 0 Å². The van der Waals surface area contributed by atoms with Crippen molar-refractivity contribution in [2.24, 2.45) is 10.2 Å². The maximum Gasteiger partial charge on any atom is 0.243 e. The molecule has 0 aromatic heterocycles. The van der Waals surface area contributed by atoms with Crippen LogP contribution in [-0.2, 0) is 4.79 Å². The van der Waals surface area contributed by atoms with Crippen LogP contribution in [0.1, 0.15) is 5.56 Å². The Labute approximate surface area is 171 Å². The lowest BCUT2D eigenvalue weighted by Gasteiger charge is -2.15. The van der Waals surface area contributed by atoms with E-state index in [1.54, 1.807) is 49.6 Å². The number of nitrogens with zero attached hydrogens (tertiary/aromatic N) is 3. The van der Waals surface area contributed by atoms with Gasteiger partial charge < -0.3 is 4.74 Å². The van der Waals surface area contributed by atoms with Crippen LogP contribution in [0, 0.1) is 0 Å². The van der Waals surface area contributed by atoms with Crippen molar-refractivity contribution in [2.45, 2.75) is 0 Å². The van der Waals surface area contributed by atoms with Crippen LogP contribution in [0.2, 0.25) is 5.02 Å². The molecule has 8 heteroatoms. The number of ether oxygens (including phenoxy) is 1. The van der Waals surface area contributed by atoms with E-state index in [1.165, 1.54) is 22.9 Å². The number of carbonyl (C=O) groups is 1. The summed E-state index contributed by atoms with van der Waals surface area (Å²) < 4.78 is 5.14. The molecule has 0 unspecified atom stereocenters. The first-order valence-electron chi connectivity index (χ1n) is 7.91. The Morgan fingerprint density at radius 3 is 2.56 bits per heavy atom. The maximum absolute atomic E-state index is 12.2. The standard InChI is InChI=1S/C19H15Cl2N3O2S/c1-26-16-8-6-15(7-9-16)24-18(25)12-27-19(24)23-22-11-10-17(21)13-2-4-14(20)5-3-13/h2-11H,12H2,1H3/b17-10+,22-11?,23-19?. The zero-order valence-electron chi connectivity index (χ0n) is 14.3. The summed E-state index contributed by atoms with van der Waals surface area (Å²) in [6.07, 6.45) is 3.12. The molecule has 0 spiro atoms. The molecule has 0 aliphatic carbocycles. The van der Waals surface area contributed by atoms with Gasteiger partial charge in [-0.25, -0.2) is 0 Å². The summed E-state index contributed by atoms with van der Waals surface area (Å²) in [4.78, 5) is 13.7. The van der Waals surface area contributed by atoms with Crippen LogP contribution in [0.4, 0.5) is 5.69 Å². The van der Waals surface area contributed by atoms with Crippen molar-refractivity contribution < 1.29 is 9.53 Å². The van der Waals surface area contributed by atoms with Crippen molar-refractivity contribution in [1.29, 1.82) is 0 Å². The minimum atomic E-state index is -0.0474. The van der Waals surface area contributed by atoms with Crippen molar-refractivity contribution in [3.05, 3.63) is 65.2 Å². The van der Waals surface area contributed by atoms with Crippen LogP contribution in [0.15, 0.2) is 64.8 Å². The molecule has 0 radical (unpaired) electrons. The van der Waals surface area contributed by atoms with E-state index in [9.17, 15) is 4.79 Å². The maximum atomic E-state index is 12.2. The SMILES string of the molecule is COc1ccc(N2C(=O)CSC2=NN=C/C=C(/Cl)c2ccc(Cl)cc2)cc1. The number of hydrogen-bond acceptors (Lipinski definition) is 5. The van der Waals surface area contributed by atoms with E-state index in [-0.39, 0.29) is 5.91 Å². The molecular formula is C19H15Cl2N3O2S. The second-order valence-electron chi connectivity index (χ2n) is 5.38. The molecule has 1 amide bonds. The fourth-order valence-corrected chi connectivity index (χ4v) is 3.44. The van der Waals surface area contributed by atoms with Crippen LogP contribution in [0.3, 0.4) is 0 Å². The molecule has 138 valence electrons. The van der Waals surface area contributed by atoms with E-state index in [0.717, 1.165) is 17.0 Å². The Hall–Kier alpha value is -2.28. The molecule has 27 heavy (non-hydrogen) atoms. The second kappa shape index (κ2) is 9.08. The minimum Gasteiger partial charge on any atom is -0.497 e. The highest BCUT2D eigenvalue weighted by Gasteiger charge is 2.29. The smallest absolute Gasteiger partial charge is 0.243 e.